The van der Waals surface area contributed by atoms with E-state index in [0.29, 0.717) is 18.1 Å². The molecule has 2 aromatic carbocycles. The van der Waals surface area contributed by atoms with E-state index in [0.717, 1.165) is 30.4 Å². The van der Waals surface area contributed by atoms with Crippen LogP contribution in [0.2, 0.25) is 5.02 Å². The lowest BCUT2D eigenvalue weighted by molar-refractivity contribution is -0.132. The van der Waals surface area contributed by atoms with Gasteiger partial charge in [0.05, 0.1) is 10.6 Å². The first kappa shape index (κ1) is 20.1. The van der Waals surface area contributed by atoms with E-state index in [1.165, 1.54) is 0 Å². The molecule has 146 valence electrons. The van der Waals surface area contributed by atoms with Crippen LogP contribution in [0.25, 0.3) is 10.8 Å². The molecular formula is C19H24ClN3O3S. The van der Waals surface area contributed by atoms with Gasteiger partial charge in [-0.3, -0.25) is 10.2 Å². The average molecular weight is 410 g/mol. The topological polar surface area (TPSA) is 69.7 Å². The number of carbonyl (C=O) groups excluding carboxylic acids is 1. The van der Waals surface area contributed by atoms with Gasteiger partial charge < -0.3 is 4.90 Å². The Morgan fingerprint density at radius 1 is 1.07 bits per heavy atom. The lowest BCUT2D eigenvalue weighted by Crippen LogP contribution is -2.53. The summed E-state index contributed by atoms with van der Waals surface area (Å²) in [5, 5.41) is 4.39. The molecule has 0 spiro atoms. The standard InChI is InChI=1S/C19H24ClN3O3S/c1-2-21-23-10-8-22(9-11-23)19(24)7-12-27(25,26)18-6-4-15-13-17(20)5-3-16(15)14-18/h3-6,13-14,21H,2,7-12H2,1H3. The molecule has 1 fully saturated rings. The molecule has 0 saturated carbocycles. The zero-order chi connectivity index (χ0) is 19.4. The molecule has 0 radical (unpaired) electrons. The first-order valence-electron chi connectivity index (χ1n) is 9.07. The molecule has 3 rings (SSSR count). The second-order valence-corrected chi connectivity index (χ2v) is 9.15. The van der Waals surface area contributed by atoms with Crippen molar-refractivity contribution < 1.29 is 13.2 Å². The van der Waals surface area contributed by atoms with E-state index in [1.807, 2.05) is 6.92 Å². The molecule has 1 N–H and O–H groups in total. The molecular weight excluding hydrogens is 386 g/mol. The minimum absolute atomic E-state index is 0.00218. The highest BCUT2D eigenvalue weighted by Gasteiger charge is 2.23. The van der Waals surface area contributed by atoms with Crippen molar-refractivity contribution in [3.63, 3.8) is 0 Å². The maximum atomic E-state index is 12.7. The zero-order valence-electron chi connectivity index (χ0n) is 15.3. The molecule has 1 amide bonds. The first-order chi connectivity index (χ1) is 12.9. The average Bonchev–Trinajstić information content (AvgIpc) is 2.66. The van der Waals surface area contributed by atoms with Crippen molar-refractivity contribution in [2.75, 3.05) is 38.5 Å². The molecule has 6 nitrogen and oxygen atoms in total. The van der Waals surface area contributed by atoms with Crippen molar-refractivity contribution in [3.8, 4) is 0 Å². The van der Waals surface area contributed by atoms with Crippen molar-refractivity contribution in [2.45, 2.75) is 18.2 Å². The highest BCUT2D eigenvalue weighted by molar-refractivity contribution is 7.91. The highest BCUT2D eigenvalue weighted by atomic mass is 35.5. The van der Waals surface area contributed by atoms with E-state index in [-0.39, 0.29) is 23.0 Å². The number of carbonyl (C=O) groups is 1. The van der Waals surface area contributed by atoms with Gasteiger partial charge in [0, 0.05) is 44.2 Å². The van der Waals surface area contributed by atoms with Crippen LogP contribution in [-0.4, -0.2) is 62.7 Å². The predicted molar refractivity (Wildman–Crippen MR) is 107 cm³/mol. The van der Waals surface area contributed by atoms with Crippen molar-refractivity contribution in [3.05, 3.63) is 41.4 Å². The third-order valence-electron chi connectivity index (χ3n) is 4.73. The Bertz CT molecular complexity index is 925. The molecule has 1 aliphatic rings. The van der Waals surface area contributed by atoms with E-state index in [1.54, 1.807) is 41.3 Å². The molecule has 0 bridgehead atoms. The van der Waals surface area contributed by atoms with E-state index in [9.17, 15) is 13.2 Å². The van der Waals surface area contributed by atoms with Crippen LogP contribution in [0.1, 0.15) is 13.3 Å². The molecule has 1 saturated heterocycles. The first-order valence-corrected chi connectivity index (χ1v) is 11.1. The molecule has 0 aromatic heterocycles. The number of halogens is 1. The fourth-order valence-corrected chi connectivity index (χ4v) is 4.66. The minimum atomic E-state index is -3.52. The van der Waals surface area contributed by atoms with E-state index >= 15 is 0 Å². The Morgan fingerprint density at radius 2 is 1.74 bits per heavy atom. The molecule has 2 aromatic rings. The van der Waals surface area contributed by atoms with Crippen molar-refractivity contribution >= 4 is 38.1 Å². The Morgan fingerprint density at radius 3 is 2.44 bits per heavy atom. The quantitative estimate of drug-likeness (QED) is 0.792. The molecule has 0 aliphatic carbocycles. The fourth-order valence-electron chi connectivity index (χ4n) is 3.22. The number of amides is 1. The predicted octanol–water partition coefficient (Wildman–Crippen LogP) is 2.33. The monoisotopic (exact) mass is 409 g/mol. The zero-order valence-corrected chi connectivity index (χ0v) is 16.9. The number of fused-ring (bicyclic) bond motifs is 1. The van der Waals surface area contributed by atoms with Crippen molar-refractivity contribution in [1.29, 1.82) is 0 Å². The van der Waals surface area contributed by atoms with Crippen LogP contribution in [0.15, 0.2) is 41.3 Å². The summed E-state index contributed by atoms with van der Waals surface area (Å²) in [4.78, 5) is 14.4. The molecule has 1 heterocycles. The maximum absolute atomic E-state index is 12.7. The molecule has 27 heavy (non-hydrogen) atoms. The Labute approximate surface area is 165 Å². The third kappa shape index (κ3) is 4.99. The van der Waals surface area contributed by atoms with E-state index in [4.69, 9.17) is 11.6 Å². The minimum Gasteiger partial charge on any atom is -0.340 e. The summed E-state index contributed by atoms with van der Waals surface area (Å²) >= 11 is 5.97. The van der Waals surface area contributed by atoms with Gasteiger partial charge in [0.2, 0.25) is 5.91 Å². The van der Waals surface area contributed by atoms with E-state index in [2.05, 4.69) is 10.4 Å². The van der Waals surface area contributed by atoms with Gasteiger partial charge in [-0.15, -0.1) is 0 Å². The van der Waals surface area contributed by atoms with Crippen LogP contribution >= 0.6 is 11.6 Å². The summed E-state index contributed by atoms with van der Waals surface area (Å²) < 4.78 is 25.3. The summed E-state index contributed by atoms with van der Waals surface area (Å²) in [7, 11) is -3.52. The Balaban J connectivity index is 1.61. The number of nitrogens with zero attached hydrogens (tertiary/aromatic N) is 2. The number of piperazine rings is 1. The second kappa shape index (κ2) is 8.56. The summed E-state index contributed by atoms with van der Waals surface area (Å²) in [5.41, 5.74) is 3.23. The molecule has 0 atom stereocenters. The number of benzene rings is 2. The van der Waals surface area contributed by atoms with Crippen LogP contribution < -0.4 is 5.43 Å². The number of hydrazine groups is 1. The highest BCUT2D eigenvalue weighted by Crippen LogP contribution is 2.23. The lowest BCUT2D eigenvalue weighted by Gasteiger charge is -2.34. The summed E-state index contributed by atoms with van der Waals surface area (Å²) in [6.45, 7) is 5.61. The smallest absolute Gasteiger partial charge is 0.223 e. The Kier molecular flexibility index (Phi) is 6.37. The van der Waals surface area contributed by atoms with Crippen LogP contribution in [0.3, 0.4) is 0 Å². The number of sulfone groups is 1. The maximum Gasteiger partial charge on any atom is 0.223 e. The largest absolute Gasteiger partial charge is 0.340 e. The number of rotatable bonds is 6. The SMILES string of the molecule is CCNN1CCN(C(=O)CCS(=O)(=O)c2ccc3cc(Cl)ccc3c2)CC1. The summed E-state index contributed by atoms with van der Waals surface area (Å²) in [6.07, 6.45) is 0.00218. The van der Waals surface area contributed by atoms with Gasteiger partial charge in [0.15, 0.2) is 9.84 Å². The van der Waals surface area contributed by atoms with Crippen LogP contribution in [0.4, 0.5) is 0 Å². The summed E-state index contributed by atoms with van der Waals surface area (Å²) in [6, 6.07) is 10.3. The van der Waals surface area contributed by atoms with Gasteiger partial charge in [0.25, 0.3) is 0 Å². The van der Waals surface area contributed by atoms with Gasteiger partial charge in [-0.05, 0) is 35.0 Å². The normalized spacial score (nSPS) is 16.0. The van der Waals surface area contributed by atoms with Gasteiger partial charge in [0.1, 0.15) is 0 Å². The van der Waals surface area contributed by atoms with Crippen LogP contribution in [0.5, 0.6) is 0 Å². The number of hydrogen-bond donors (Lipinski definition) is 1. The fraction of sp³-hybridized carbons (Fsp3) is 0.421. The number of hydrogen-bond acceptors (Lipinski definition) is 5. The van der Waals surface area contributed by atoms with Gasteiger partial charge in [-0.25, -0.2) is 13.4 Å². The lowest BCUT2D eigenvalue weighted by atomic mass is 10.1. The second-order valence-electron chi connectivity index (χ2n) is 6.60. The van der Waals surface area contributed by atoms with Crippen molar-refractivity contribution in [1.82, 2.24) is 15.3 Å². The van der Waals surface area contributed by atoms with Gasteiger partial charge in [-0.1, -0.05) is 30.7 Å². The third-order valence-corrected chi connectivity index (χ3v) is 6.68. The van der Waals surface area contributed by atoms with Gasteiger partial charge in [-0.2, -0.15) is 0 Å². The van der Waals surface area contributed by atoms with Crippen LogP contribution in [0, 0.1) is 0 Å². The van der Waals surface area contributed by atoms with Gasteiger partial charge >= 0.3 is 0 Å². The molecule has 8 heteroatoms. The van der Waals surface area contributed by atoms with Crippen molar-refractivity contribution in [2.24, 2.45) is 0 Å². The van der Waals surface area contributed by atoms with E-state index < -0.39 is 9.84 Å². The Hall–Kier alpha value is -1.67. The molecule has 1 aliphatic heterocycles. The van der Waals surface area contributed by atoms with Crippen LogP contribution in [-0.2, 0) is 14.6 Å². The summed E-state index contributed by atoms with van der Waals surface area (Å²) in [5.74, 6) is -0.291. The number of nitrogens with one attached hydrogen (secondary N) is 1. The molecule has 0 unspecified atom stereocenters.